The second-order valence-corrected chi connectivity index (χ2v) is 7.74. The van der Waals surface area contributed by atoms with Gasteiger partial charge in [0.15, 0.2) is 17.9 Å². The van der Waals surface area contributed by atoms with Crippen molar-refractivity contribution in [2.24, 2.45) is 0 Å². The lowest BCUT2D eigenvalue weighted by atomic mass is 10.1. The van der Waals surface area contributed by atoms with E-state index in [1.807, 2.05) is 24.3 Å². The molecule has 160 valence electrons. The first-order valence-electron chi connectivity index (χ1n) is 9.79. The van der Waals surface area contributed by atoms with Crippen LogP contribution >= 0.6 is 0 Å². The molecule has 2 aromatic carbocycles. The molecule has 1 aromatic heterocycles. The number of rotatable bonds is 13. The van der Waals surface area contributed by atoms with Gasteiger partial charge in [0.2, 0.25) is 11.3 Å². The molecule has 0 aliphatic heterocycles. The third-order valence-electron chi connectivity index (χ3n) is 4.52. The molecule has 1 heterocycles. The highest BCUT2D eigenvalue weighted by atomic mass is 32.2. The van der Waals surface area contributed by atoms with Crippen molar-refractivity contribution in [1.82, 2.24) is 4.72 Å². The smallest absolute Gasteiger partial charge is 0.341 e. The molecular formula is C22H25NO6S. The van der Waals surface area contributed by atoms with Gasteiger partial charge in [-0.15, -0.1) is 0 Å². The van der Waals surface area contributed by atoms with Crippen LogP contribution in [0.4, 0.5) is 0 Å². The van der Waals surface area contributed by atoms with E-state index in [9.17, 15) is 9.00 Å². The first-order valence-corrected chi connectivity index (χ1v) is 10.9. The maximum absolute atomic E-state index is 12.0. The fourth-order valence-electron chi connectivity index (χ4n) is 3.04. The number of ether oxygens (including phenoxy) is 1. The maximum Gasteiger partial charge on any atom is 0.341 e. The molecule has 8 heteroatoms. The van der Waals surface area contributed by atoms with Crippen molar-refractivity contribution in [2.45, 2.75) is 32.2 Å². The van der Waals surface area contributed by atoms with E-state index in [1.54, 1.807) is 12.1 Å². The SMILES string of the molecule is O=C(O)COc1cccc2c(CNS(=O)OCCCCCc3ccccc3)coc12. The number of furan rings is 1. The fraction of sp³-hybridized carbons (Fsp3) is 0.318. The molecule has 0 bridgehead atoms. The number of carboxylic acids is 1. The number of fused-ring (bicyclic) bond motifs is 1. The Bertz CT molecular complexity index is 972. The van der Waals surface area contributed by atoms with E-state index < -0.39 is 23.8 Å². The molecule has 3 aromatic rings. The summed E-state index contributed by atoms with van der Waals surface area (Å²) in [7, 11) is 0. The van der Waals surface area contributed by atoms with Crippen LogP contribution < -0.4 is 9.46 Å². The molecule has 7 nitrogen and oxygen atoms in total. The number of carboxylic acid groups (broad SMARTS) is 1. The number of hydrogen-bond acceptors (Lipinski definition) is 5. The monoisotopic (exact) mass is 431 g/mol. The van der Waals surface area contributed by atoms with Gasteiger partial charge in [0, 0.05) is 17.5 Å². The van der Waals surface area contributed by atoms with Gasteiger partial charge in [-0.3, -0.25) is 4.18 Å². The Morgan fingerprint density at radius 2 is 1.90 bits per heavy atom. The lowest BCUT2D eigenvalue weighted by Gasteiger charge is -2.06. The summed E-state index contributed by atoms with van der Waals surface area (Å²) in [6, 6.07) is 15.6. The Morgan fingerprint density at radius 3 is 2.70 bits per heavy atom. The van der Waals surface area contributed by atoms with Gasteiger partial charge in [-0.1, -0.05) is 48.9 Å². The minimum Gasteiger partial charge on any atom is -0.479 e. The van der Waals surface area contributed by atoms with Crippen molar-refractivity contribution in [3.63, 3.8) is 0 Å². The van der Waals surface area contributed by atoms with Crippen LogP contribution in [0.25, 0.3) is 11.0 Å². The van der Waals surface area contributed by atoms with Crippen LogP contribution in [0, 0.1) is 0 Å². The standard InChI is InChI=1S/C22H25NO6S/c24-21(25)16-27-20-12-7-11-19-18(15-28-22(19)20)14-23-30(26)29-13-6-2-5-10-17-8-3-1-4-9-17/h1,3-4,7-9,11-12,15,23H,2,5-6,10,13-14,16H2,(H,24,25). The Balaban J connectivity index is 1.38. The number of para-hydroxylation sites is 1. The van der Waals surface area contributed by atoms with Crippen LogP contribution in [0.2, 0.25) is 0 Å². The van der Waals surface area contributed by atoms with Crippen LogP contribution in [-0.2, 0) is 33.2 Å². The van der Waals surface area contributed by atoms with Crippen LogP contribution in [0.5, 0.6) is 5.75 Å². The van der Waals surface area contributed by atoms with E-state index >= 15 is 0 Å². The van der Waals surface area contributed by atoms with Gasteiger partial charge in [0.05, 0.1) is 12.9 Å². The number of carbonyl (C=O) groups is 1. The molecule has 0 saturated carbocycles. The summed E-state index contributed by atoms with van der Waals surface area (Å²) in [5.74, 6) is -0.706. The number of aryl methyl sites for hydroxylation is 1. The summed E-state index contributed by atoms with van der Waals surface area (Å²) >= 11 is -1.60. The van der Waals surface area contributed by atoms with Gasteiger partial charge < -0.3 is 14.3 Å². The molecule has 0 spiro atoms. The highest BCUT2D eigenvalue weighted by Gasteiger charge is 2.12. The van der Waals surface area contributed by atoms with Gasteiger partial charge in [-0.05, 0) is 30.9 Å². The number of benzene rings is 2. The predicted molar refractivity (Wildman–Crippen MR) is 114 cm³/mol. The van der Waals surface area contributed by atoms with Crippen molar-refractivity contribution in [1.29, 1.82) is 0 Å². The van der Waals surface area contributed by atoms with E-state index in [0.29, 0.717) is 17.9 Å². The van der Waals surface area contributed by atoms with Crippen molar-refractivity contribution in [3.05, 3.63) is 65.9 Å². The first kappa shape index (κ1) is 22.0. The molecule has 1 unspecified atom stereocenters. The number of aliphatic carboxylic acids is 1. The summed E-state index contributed by atoms with van der Waals surface area (Å²) in [4.78, 5) is 10.7. The summed E-state index contributed by atoms with van der Waals surface area (Å²) in [5.41, 5.74) is 2.57. The average molecular weight is 432 g/mol. The molecule has 0 aliphatic rings. The zero-order valence-corrected chi connectivity index (χ0v) is 17.4. The Hall–Kier alpha value is -2.68. The minimum atomic E-state index is -1.60. The molecule has 0 saturated heterocycles. The summed E-state index contributed by atoms with van der Waals surface area (Å²) < 4.78 is 30.9. The van der Waals surface area contributed by atoms with Crippen LogP contribution in [0.1, 0.15) is 30.4 Å². The maximum atomic E-state index is 12.0. The highest BCUT2D eigenvalue weighted by molar-refractivity contribution is 7.78. The zero-order valence-electron chi connectivity index (χ0n) is 16.5. The molecule has 30 heavy (non-hydrogen) atoms. The lowest BCUT2D eigenvalue weighted by Crippen LogP contribution is -2.19. The molecule has 0 radical (unpaired) electrons. The molecule has 2 N–H and O–H groups in total. The van der Waals surface area contributed by atoms with Crippen molar-refractivity contribution >= 4 is 28.2 Å². The van der Waals surface area contributed by atoms with E-state index in [0.717, 1.165) is 36.6 Å². The number of nitrogens with one attached hydrogen (secondary N) is 1. The van der Waals surface area contributed by atoms with E-state index in [-0.39, 0.29) is 6.54 Å². The second-order valence-electron chi connectivity index (χ2n) is 6.75. The minimum absolute atomic E-state index is 0.288. The van der Waals surface area contributed by atoms with E-state index in [4.69, 9.17) is 18.4 Å². The van der Waals surface area contributed by atoms with Gasteiger partial charge >= 0.3 is 5.97 Å². The topological polar surface area (TPSA) is 98.0 Å². The molecule has 0 fully saturated rings. The third kappa shape index (κ3) is 6.69. The lowest BCUT2D eigenvalue weighted by molar-refractivity contribution is -0.139. The van der Waals surface area contributed by atoms with E-state index in [2.05, 4.69) is 16.9 Å². The first-order chi connectivity index (χ1) is 14.6. The van der Waals surface area contributed by atoms with Crippen molar-refractivity contribution in [3.8, 4) is 5.75 Å². The molecule has 0 aliphatic carbocycles. The average Bonchev–Trinajstić information content (AvgIpc) is 3.17. The van der Waals surface area contributed by atoms with Crippen LogP contribution in [-0.4, -0.2) is 28.5 Å². The summed E-state index contributed by atoms with van der Waals surface area (Å²) in [6.45, 7) is 0.264. The summed E-state index contributed by atoms with van der Waals surface area (Å²) in [6.07, 6.45) is 5.50. The molecule has 0 amide bonds. The van der Waals surface area contributed by atoms with Crippen LogP contribution in [0.3, 0.4) is 0 Å². The van der Waals surface area contributed by atoms with Crippen LogP contribution in [0.15, 0.2) is 59.2 Å². The predicted octanol–water partition coefficient (Wildman–Crippen LogP) is 3.99. The molecule has 3 rings (SSSR count). The van der Waals surface area contributed by atoms with Gasteiger partial charge in [0.1, 0.15) is 0 Å². The van der Waals surface area contributed by atoms with Crippen molar-refractivity contribution < 1.29 is 27.4 Å². The summed E-state index contributed by atoms with van der Waals surface area (Å²) in [5, 5.41) is 9.52. The third-order valence-corrected chi connectivity index (χ3v) is 5.28. The Morgan fingerprint density at radius 1 is 1.07 bits per heavy atom. The number of unbranched alkanes of at least 4 members (excludes halogenated alkanes) is 2. The fourth-order valence-corrected chi connectivity index (χ4v) is 3.67. The molecule has 1 atom stereocenters. The van der Waals surface area contributed by atoms with Gasteiger partial charge in [0.25, 0.3) is 0 Å². The quantitative estimate of drug-likeness (QED) is 0.397. The largest absolute Gasteiger partial charge is 0.479 e. The highest BCUT2D eigenvalue weighted by Crippen LogP contribution is 2.29. The van der Waals surface area contributed by atoms with Gasteiger partial charge in [-0.2, -0.15) is 0 Å². The Labute approximate surface area is 177 Å². The normalized spacial score (nSPS) is 12.1. The second kappa shape index (κ2) is 11.5. The Kier molecular flexibility index (Phi) is 8.43. The van der Waals surface area contributed by atoms with E-state index in [1.165, 1.54) is 11.8 Å². The zero-order chi connectivity index (χ0) is 21.2. The molecular weight excluding hydrogens is 406 g/mol. The number of hydrogen-bond donors (Lipinski definition) is 2. The van der Waals surface area contributed by atoms with Gasteiger partial charge in [-0.25, -0.2) is 13.7 Å². The van der Waals surface area contributed by atoms with Crippen molar-refractivity contribution in [2.75, 3.05) is 13.2 Å².